The van der Waals surface area contributed by atoms with Gasteiger partial charge in [-0.3, -0.25) is 0 Å². The molecule has 0 saturated heterocycles. The minimum absolute atomic E-state index is 1.17. The van der Waals surface area contributed by atoms with E-state index in [-0.39, 0.29) is 0 Å². The van der Waals surface area contributed by atoms with Gasteiger partial charge in [0.25, 0.3) is 0 Å². The summed E-state index contributed by atoms with van der Waals surface area (Å²) in [6.45, 7) is 8.95. The molecule has 4 aliphatic carbocycles. The van der Waals surface area contributed by atoms with Crippen LogP contribution in [0.5, 0.6) is 0 Å². The van der Waals surface area contributed by atoms with Crippen LogP contribution in [0.2, 0.25) is 0 Å². The first kappa shape index (κ1) is 21.7. The molecule has 0 radical (unpaired) electrons. The van der Waals surface area contributed by atoms with Crippen molar-refractivity contribution in [1.29, 1.82) is 0 Å². The molecule has 0 heterocycles. The summed E-state index contributed by atoms with van der Waals surface area (Å²) >= 11 is 2.41. The molecule has 0 atom stereocenters. The van der Waals surface area contributed by atoms with Crippen LogP contribution >= 0.6 is 0 Å². The average Bonchev–Trinajstić information content (AvgIpc) is 3.48. The van der Waals surface area contributed by atoms with Gasteiger partial charge >= 0.3 is 185 Å². The van der Waals surface area contributed by atoms with E-state index in [1.165, 1.54) is 79.6 Å². The Morgan fingerprint density at radius 3 is 1.29 bits per heavy atom. The van der Waals surface area contributed by atoms with Crippen molar-refractivity contribution in [3.63, 3.8) is 0 Å². The second-order valence-electron chi connectivity index (χ2n) is 7.29. The van der Waals surface area contributed by atoms with Crippen molar-refractivity contribution < 1.29 is 29.9 Å². The Bertz CT molecular complexity index is 781. The van der Waals surface area contributed by atoms with Crippen molar-refractivity contribution in [1.82, 2.24) is 0 Å². The molecule has 0 saturated carbocycles. The second-order valence-corrected chi connectivity index (χ2v) is 10.5. The summed E-state index contributed by atoms with van der Waals surface area (Å²) in [5.74, 6) is 0. The molecule has 0 unspecified atom stereocenters. The second kappa shape index (κ2) is 10.7. The molecular weight excluding hydrogens is 424 g/mol. The Morgan fingerprint density at radius 2 is 0.929 bits per heavy atom. The molecule has 0 aliphatic heterocycles. The van der Waals surface area contributed by atoms with Crippen LogP contribution in [-0.2, 0) is 29.9 Å². The molecule has 0 aromatic rings. The van der Waals surface area contributed by atoms with Gasteiger partial charge in [-0.05, 0) is 0 Å². The van der Waals surface area contributed by atoms with E-state index in [0.717, 1.165) is 0 Å². The maximum absolute atomic E-state index is 2.31. The van der Waals surface area contributed by atoms with E-state index >= 15 is 0 Å². The predicted octanol–water partition coefficient (Wildman–Crippen LogP) is 7.85. The van der Waals surface area contributed by atoms with Gasteiger partial charge in [0, 0.05) is 0 Å². The molecule has 152 valence electrons. The zero-order valence-electron chi connectivity index (χ0n) is 17.6. The zero-order chi connectivity index (χ0) is 19.9. The summed E-state index contributed by atoms with van der Waals surface area (Å²) in [6.07, 6.45) is 25.3. The van der Waals surface area contributed by atoms with E-state index < -0.39 is 0 Å². The average molecular weight is 456 g/mol. The summed E-state index contributed by atoms with van der Waals surface area (Å²) < 4.78 is 6.53. The molecule has 0 bridgehead atoms. The summed E-state index contributed by atoms with van der Waals surface area (Å²) in [4.78, 5) is 0. The Morgan fingerprint density at radius 1 is 0.571 bits per heavy atom. The Labute approximate surface area is 184 Å². The van der Waals surface area contributed by atoms with Gasteiger partial charge in [-0.25, -0.2) is 0 Å². The molecular formula is C26H32Fe2. The topological polar surface area (TPSA) is 0 Å². The molecule has 0 N–H and O–H groups in total. The van der Waals surface area contributed by atoms with Crippen molar-refractivity contribution in [2.45, 2.75) is 66.2 Å². The van der Waals surface area contributed by atoms with Gasteiger partial charge in [0.1, 0.15) is 0 Å². The van der Waals surface area contributed by atoms with Crippen LogP contribution in [0, 0.1) is 0 Å². The van der Waals surface area contributed by atoms with Crippen LogP contribution in [0.1, 0.15) is 66.2 Å². The number of allylic oxidation sites excluding steroid dienone is 16. The van der Waals surface area contributed by atoms with E-state index in [4.69, 9.17) is 0 Å². The fourth-order valence-corrected chi connectivity index (χ4v) is 6.80. The third-order valence-corrected chi connectivity index (χ3v) is 9.06. The summed E-state index contributed by atoms with van der Waals surface area (Å²) in [5, 5.41) is 0. The van der Waals surface area contributed by atoms with Crippen LogP contribution in [0.4, 0.5) is 0 Å². The standard InChI is InChI=1S/2C7H9.2C6H7.2Fe/c2*1-2-7-5-3-4-6-7;2*1-6-4-2-3-5-6;;/h2*3,5H,2,4H2,1H3;2*2,4H,3H2,1H3;;. The van der Waals surface area contributed by atoms with Crippen molar-refractivity contribution in [2.75, 3.05) is 0 Å². The van der Waals surface area contributed by atoms with E-state index in [1.54, 1.807) is 29.0 Å². The normalized spacial score (nSPS) is 20.7. The van der Waals surface area contributed by atoms with Gasteiger partial charge < -0.3 is 0 Å². The third-order valence-electron chi connectivity index (χ3n) is 5.25. The van der Waals surface area contributed by atoms with Crippen LogP contribution in [0.25, 0.3) is 0 Å². The summed E-state index contributed by atoms with van der Waals surface area (Å²) in [7, 11) is 0. The number of rotatable bonds is 6. The van der Waals surface area contributed by atoms with Gasteiger partial charge in [0.15, 0.2) is 0 Å². The Balaban J connectivity index is 0.000000162. The summed E-state index contributed by atoms with van der Waals surface area (Å²) in [5.41, 5.74) is 6.11. The van der Waals surface area contributed by atoms with Crippen molar-refractivity contribution in [2.24, 2.45) is 0 Å². The van der Waals surface area contributed by atoms with Crippen molar-refractivity contribution in [3.8, 4) is 0 Å². The van der Waals surface area contributed by atoms with Gasteiger partial charge in [-0.1, -0.05) is 0 Å². The fraction of sp³-hybridized carbons (Fsp3) is 0.385. The molecule has 4 aliphatic rings. The molecule has 0 aromatic carbocycles. The summed E-state index contributed by atoms with van der Waals surface area (Å²) in [6, 6.07) is 0. The number of hydrogen-bond acceptors (Lipinski definition) is 0. The molecule has 0 fully saturated rings. The van der Waals surface area contributed by atoms with Gasteiger partial charge in [0.05, 0.1) is 0 Å². The monoisotopic (exact) mass is 456 g/mol. The first-order valence-electron chi connectivity index (χ1n) is 10.4. The molecule has 4 rings (SSSR count). The first-order valence-corrected chi connectivity index (χ1v) is 12.6. The van der Waals surface area contributed by atoms with Crippen LogP contribution in [0.15, 0.2) is 88.8 Å². The van der Waals surface area contributed by atoms with E-state index in [9.17, 15) is 0 Å². The third kappa shape index (κ3) is 5.52. The van der Waals surface area contributed by atoms with Gasteiger partial charge in [-0.2, -0.15) is 0 Å². The van der Waals surface area contributed by atoms with Crippen molar-refractivity contribution in [3.05, 3.63) is 88.8 Å². The van der Waals surface area contributed by atoms with E-state index in [1.807, 2.05) is 0 Å². The van der Waals surface area contributed by atoms with Crippen LogP contribution in [0.3, 0.4) is 0 Å². The Hall–Kier alpha value is -1.04. The van der Waals surface area contributed by atoms with Crippen LogP contribution < -0.4 is 0 Å². The maximum atomic E-state index is 2.31. The number of hydrogen-bond donors (Lipinski definition) is 0. The molecule has 0 aromatic heterocycles. The SMILES string of the molecule is CC1=[C]([Fe][C]2=C(C)C=CC2)CC=C1.CCC1=[C]([Fe][C]2=C(CC)C=CC2)CC=C1. The van der Waals surface area contributed by atoms with Crippen molar-refractivity contribution >= 4 is 0 Å². The molecule has 0 amide bonds. The first-order chi connectivity index (χ1) is 13.6. The molecule has 28 heavy (non-hydrogen) atoms. The predicted molar refractivity (Wildman–Crippen MR) is 115 cm³/mol. The Kier molecular flexibility index (Phi) is 8.24. The minimum atomic E-state index is 1.17. The van der Waals surface area contributed by atoms with E-state index in [0.29, 0.717) is 0 Å². The molecule has 0 spiro atoms. The quantitative estimate of drug-likeness (QED) is 0.357. The van der Waals surface area contributed by atoms with Gasteiger partial charge in [0.2, 0.25) is 0 Å². The molecule has 0 nitrogen and oxygen atoms in total. The zero-order valence-corrected chi connectivity index (χ0v) is 19.8. The van der Waals surface area contributed by atoms with E-state index in [2.05, 4.69) is 76.3 Å². The van der Waals surface area contributed by atoms with Gasteiger partial charge in [-0.15, -0.1) is 0 Å². The molecule has 2 heteroatoms. The fourth-order valence-electron chi connectivity index (χ4n) is 3.48. The van der Waals surface area contributed by atoms with Crippen LogP contribution in [-0.4, -0.2) is 0 Å².